The summed E-state index contributed by atoms with van der Waals surface area (Å²) in [6.07, 6.45) is -10.8. The molecule has 0 N–H and O–H groups in total. The third-order valence-electron chi connectivity index (χ3n) is 3.02. The first-order valence-corrected chi connectivity index (χ1v) is 6.47. The SMILES string of the molecule is CCOC(=O)Cc1c(C(F)(F)F)ccc(C(F)(F)F)c1CC. The molecule has 0 spiro atoms. The molecule has 0 atom stereocenters. The highest BCUT2D eigenvalue weighted by Crippen LogP contribution is 2.40. The lowest BCUT2D eigenvalue weighted by Gasteiger charge is -2.20. The van der Waals surface area contributed by atoms with E-state index in [-0.39, 0.29) is 13.0 Å². The van der Waals surface area contributed by atoms with E-state index in [1.165, 1.54) is 13.8 Å². The van der Waals surface area contributed by atoms with Gasteiger partial charge in [0, 0.05) is 0 Å². The number of benzene rings is 1. The van der Waals surface area contributed by atoms with Crippen molar-refractivity contribution in [2.24, 2.45) is 0 Å². The van der Waals surface area contributed by atoms with Crippen LogP contribution in [0.2, 0.25) is 0 Å². The lowest BCUT2D eigenvalue weighted by molar-refractivity contribution is -0.145. The molecule has 0 aliphatic carbocycles. The van der Waals surface area contributed by atoms with Crippen LogP contribution < -0.4 is 0 Å². The van der Waals surface area contributed by atoms with Crippen LogP contribution in [0.5, 0.6) is 0 Å². The van der Waals surface area contributed by atoms with Crippen molar-refractivity contribution in [3.63, 3.8) is 0 Å². The molecule has 0 saturated carbocycles. The minimum Gasteiger partial charge on any atom is -0.466 e. The van der Waals surface area contributed by atoms with Crippen molar-refractivity contribution in [2.45, 2.75) is 39.0 Å². The Morgan fingerprint density at radius 3 is 1.77 bits per heavy atom. The van der Waals surface area contributed by atoms with Crippen LogP contribution in [0.4, 0.5) is 26.3 Å². The van der Waals surface area contributed by atoms with Gasteiger partial charge in [0.2, 0.25) is 0 Å². The predicted molar refractivity (Wildman–Crippen MR) is 66.2 cm³/mol. The number of esters is 1. The zero-order chi connectivity index (χ0) is 17.1. The number of rotatable bonds is 4. The van der Waals surface area contributed by atoms with Crippen LogP contribution in [-0.4, -0.2) is 12.6 Å². The first kappa shape index (κ1) is 18.3. The molecule has 2 nitrogen and oxygen atoms in total. The van der Waals surface area contributed by atoms with Gasteiger partial charge in [-0.05, 0) is 36.6 Å². The Morgan fingerprint density at radius 1 is 0.955 bits per heavy atom. The van der Waals surface area contributed by atoms with Gasteiger partial charge in [0.1, 0.15) is 0 Å². The molecule has 0 aliphatic heterocycles. The predicted octanol–water partition coefficient (Wildman–Crippen LogP) is 4.39. The Bertz CT molecular complexity index is 545. The lowest BCUT2D eigenvalue weighted by atomic mass is 9.91. The third-order valence-corrected chi connectivity index (χ3v) is 3.02. The number of carbonyl (C=O) groups is 1. The second-order valence-corrected chi connectivity index (χ2v) is 4.45. The highest BCUT2D eigenvalue weighted by Gasteiger charge is 2.40. The largest absolute Gasteiger partial charge is 0.466 e. The smallest absolute Gasteiger partial charge is 0.416 e. The van der Waals surface area contributed by atoms with Crippen LogP contribution in [-0.2, 0) is 34.7 Å². The van der Waals surface area contributed by atoms with E-state index >= 15 is 0 Å². The monoisotopic (exact) mass is 328 g/mol. The van der Waals surface area contributed by atoms with Gasteiger partial charge < -0.3 is 4.74 Å². The van der Waals surface area contributed by atoms with E-state index in [2.05, 4.69) is 4.74 Å². The van der Waals surface area contributed by atoms with Gasteiger partial charge in [0.05, 0.1) is 24.2 Å². The molecule has 1 rings (SSSR count). The van der Waals surface area contributed by atoms with Crippen LogP contribution in [0.15, 0.2) is 12.1 Å². The summed E-state index contributed by atoms with van der Waals surface area (Å²) in [5, 5.41) is 0. The molecular formula is C14H14F6O2. The minimum atomic E-state index is -4.85. The van der Waals surface area contributed by atoms with E-state index in [4.69, 9.17) is 0 Å². The molecule has 1 aromatic rings. The van der Waals surface area contributed by atoms with Crippen molar-refractivity contribution in [3.8, 4) is 0 Å². The van der Waals surface area contributed by atoms with Gasteiger partial charge in [0.25, 0.3) is 0 Å². The normalized spacial score (nSPS) is 12.4. The summed E-state index contributed by atoms with van der Waals surface area (Å²) in [7, 11) is 0. The molecule has 0 bridgehead atoms. The maximum absolute atomic E-state index is 13.0. The number of halogens is 6. The van der Waals surface area contributed by atoms with E-state index in [1.807, 2.05) is 0 Å². The second kappa shape index (κ2) is 6.58. The summed E-state index contributed by atoms with van der Waals surface area (Å²) in [5.74, 6) is -0.998. The average Bonchev–Trinajstić information content (AvgIpc) is 2.35. The minimum absolute atomic E-state index is 0.0688. The molecule has 1 aromatic carbocycles. The maximum Gasteiger partial charge on any atom is 0.416 e. The Hall–Kier alpha value is -1.73. The Morgan fingerprint density at radius 2 is 1.41 bits per heavy atom. The Labute approximate surface area is 123 Å². The van der Waals surface area contributed by atoms with Gasteiger partial charge in [-0.2, -0.15) is 26.3 Å². The lowest BCUT2D eigenvalue weighted by Crippen LogP contribution is -2.20. The molecule has 0 saturated heterocycles. The van der Waals surface area contributed by atoms with Crippen LogP contribution in [0, 0.1) is 0 Å². The third kappa shape index (κ3) is 4.14. The van der Waals surface area contributed by atoms with E-state index < -0.39 is 47.0 Å². The average molecular weight is 328 g/mol. The van der Waals surface area contributed by atoms with E-state index in [0.717, 1.165) is 0 Å². The quantitative estimate of drug-likeness (QED) is 0.605. The van der Waals surface area contributed by atoms with Crippen LogP contribution in [0.25, 0.3) is 0 Å². The first-order chi connectivity index (χ1) is 10.0. The molecule has 0 heterocycles. The zero-order valence-corrected chi connectivity index (χ0v) is 11.9. The highest BCUT2D eigenvalue weighted by atomic mass is 19.4. The first-order valence-electron chi connectivity index (χ1n) is 6.47. The van der Waals surface area contributed by atoms with Gasteiger partial charge in [0.15, 0.2) is 0 Å². The molecule has 0 unspecified atom stereocenters. The summed E-state index contributed by atoms with van der Waals surface area (Å²) >= 11 is 0. The van der Waals surface area contributed by atoms with Crippen LogP contribution in [0.1, 0.15) is 36.1 Å². The maximum atomic E-state index is 13.0. The molecule has 0 aliphatic rings. The van der Waals surface area contributed by atoms with Gasteiger partial charge in [-0.3, -0.25) is 4.79 Å². The topological polar surface area (TPSA) is 26.3 Å². The molecule has 8 heteroatoms. The molecular weight excluding hydrogens is 314 g/mol. The molecule has 0 radical (unpaired) electrons. The van der Waals surface area contributed by atoms with Gasteiger partial charge in [-0.1, -0.05) is 6.92 Å². The summed E-state index contributed by atoms with van der Waals surface area (Å²) in [6.45, 7) is 2.69. The fraction of sp³-hybridized carbons (Fsp3) is 0.500. The van der Waals surface area contributed by atoms with Gasteiger partial charge >= 0.3 is 18.3 Å². The standard InChI is InChI=1S/C14H14F6O2/c1-3-8-9(7-12(21)22-4-2)11(14(18,19)20)6-5-10(8)13(15,16)17/h5-6H,3-4,7H2,1-2H3. The number of hydrogen-bond donors (Lipinski definition) is 0. The van der Waals surface area contributed by atoms with E-state index in [0.29, 0.717) is 12.1 Å². The van der Waals surface area contributed by atoms with Crippen molar-refractivity contribution in [1.82, 2.24) is 0 Å². The molecule has 124 valence electrons. The highest BCUT2D eigenvalue weighted by molar-refractivity contribution is 5.74. The fourth-order valence-corrected chi connectivity index (χ4v) is 2.19. The number of alkyl halides is 6. The second-order valence-electron chi connectivity index (χ2n) is 4.45. The summed E-state index contributed by atoms with van der Waals surface area (Å²) < 4.78 is 82.3. The zero-order valence-electron chi connectivity index (χ0n) is 11.9. The van der Waals surface area contributed by atoms with E-state index in [1.54, 1.807) is 0 Å². The van der Waals surface area contributed by atoms with Gasteiger partial charge in [-0.25, -0.2) is 0 Å². The van der Waals surface area contributed by atoms with Crippen molar-refractivity contribution in [2.75, 3.05) is 6.61 Å². The molecule has 0 aromatic heterocycles. The summed E-state index contributed by atoms with van der Waals surface area (Å²) in [5.41, 5.74) is -3.62. The number of hydrogen-bond acceptors (Lipinski definition) is 2. The van der Waals surface area contributed by atoms with Crippen LogP contribution >= 0.6 is 0 Å². The van der Waals surface area contributed by atoms with E-state index in [9.17, 15) is 31.1 Å². The fourth-order valence-electron chi connectivity index (χ4n) is 2.19. The van der Waals surface area contributed by atoms with Crippen molar-refractivity contribution >= 4 is 5.97 Å². The summed E-state index contributed by atoms with van der Waals surface area (Å²) in [6, 6.07) is 0.757. The summed E-state index contributed by atoms with van der Waals surface area (Å²) in [4.78, 5) is 11.4. The van der Waals surface area contributed by atoms with Gasteiger partial charge in [-0.15, -0.1) is 0 Å². The Balaban J connectivity index is 3.53. The number of ether oxygens (including phenoxy) is 1. The Kier molecular flexibility index (Phi) is 5.48. The van der Waals surface area contributed by atoms with Crippen molar-refractivity contribution in [1.29, 1.82) is 0 Å². The van der Waals surface area contributed by atoms with Crippen LogP contribution in [0.3, 0.4) is 0 Å². The van der Waals surface area contributed by atoms with Crippen molar-refractivity contribution < 1.29 is 35.9 Å². The van der Waals surface area contributed by atoms with Crippen molar-refractivity contribution in [3.05, 3.63) is 34.4 Å². The number of carbonyl (C=O) groups excluding carboxylic acids is 1. The molecule has 22 heavy (non-hydrogen) atoms. The molecule has 0 fully saturated rings. The molecule has 0 amide bonds.